The van der Waals surface area contributed by atoms with E-state index in [1.807, 2.05) is 0 Å². The van der Waals surface area contributed by atoms with Crippen LogP contribution < -0.4 is 0 Å². The summed E-state index contributed by atoms with van der Waals surface area (Å²) in [6.45, 7) is -1.10. The molecule has 23 heavy (non-hydrogen) atoms. The summed E-state index contributed by atoms with van der Waals surface area (Å²) in [5.41, 5.74) is 0. The van der Waals surface area contributed by atoms with Crippen LogP contribution in [-0.4, -0.2) is 100.0 Å². The van der Waals surface area contributed by atoms with Gasteiger partial charge in [0.15, 0.2) is 18.2 Å². The number of aliphatic hydroxyl groups excluding tert-OH is 6. The van der Waals surface area contributed by atoms with Gasteiger partial charge in [-0.25, -0.2) is 0 Å². The van der Waals surface area contributed by atoms with E-state index >= 15 is 0 Å². The first kappa shape index (κ1) is 18.4. The van der Waals surface area contributed by atoms with Crippen molar-refractivity contribution in [3.05, 3.63) is 12.0 Å². The minimum absolute atomic E-state index is 0.0456. The van der Waals surface area contributed by atoms with Crippen LogP contribution in [0.4, 0.5) is 0 Å². The molecule has 0 bridgehead atoms. The van der Waals surface area contributed by atoms with Crippen molar-refractivity contribution in [3.63, 3.8) is 0 Å². The molecule has 0 aromatic carbocycles. The Labute approximate surface area is 132 Å². The number of rotatable bonds is 5. The van der Waals surface area contributed by atoms with Crippen LogP contribution in [0.2, 0.25) is 0 Å². The second kappa shape index (κ2) is 7.73. The van der Waals surface area contributed by atoms with E-state index < -0.39 is 62.2 Å². The molecule has 0 radical (unpaired) electrons. The summed E-state index contributed by atoms with van der Waals surface area (Å²) >= 11 is 0. The third kappa shape index (κ3) is 3.59. The highest BCUT2D eigenvalue weighted by molar-refractivity contribution is 5.06. The van der Waals surface area contributed by atoms with Gasteiger partial charge in [0.1, 0.15) is 42.9 Å². The van der Waals surface area contributed by atoms with Crippen molar-refractivity contribution in [2.24, 2.45) is 0 Å². The zero-order chi connectivity index (χ0) is 17.1. The smallest absolute Gasteiger partial charge is 0.187 e. The Morgan fingerprint density at radius 2 is 1.65 bits per heavy atom. The molecule has 134 valence electrons. The second-order valence-electron chi connectivity index (χ2n) is 5.32. The fourth-order valence-electron chi connectivity index (χ4n) is 2.48. The average molecular weight is 338 g/mol. The lowest BCUT2D eigenvalue weighted by atomic mass is 9.98. The predicted octanol–water partition coefficient (Wildman–Crippen LogP) is -3.59. The van der Waals surface area contributed by atoms with Crippen LogP contribution in [0.5, 0.6) is 0 Å². The van der Waals surface area contributed by atoms with Crippen LogP contribution in [0.3, 0.4) is 0 Å². The van der Waals surface area contributed by atoms with Gasteiger partial charge in [-0.3, -0.25) is 0 Å². The van der Waals surface area contributed by atoms with Gasteiger partial charge >= 0.3 is 0 Å². The Morgan fingerprint density at radius 3 is 2.22 bits per heavy atom. The van der Waals surface area contributed by atoms with Crippen LogP contribution in [0.25, 0.3) is 0 Å². The third-order valence-electron chi connectivity index (χ3n) is 3.88. The molecule has 1 saturated heterocycles. The SMILES string of the molecule is COC1=CO[C@H](CO)[C@@H](O[C@H]2O[C@H](CO)[C@@H](O)[C@H](O)[C@H]2O)[C@@H]1O. The maximum atomic E-state index is 10.2. The molecule has 10 heteroatoms. The monoisotopic (exact) mass is 338 g/mol. The summed E-state index contributed by atoms with van der Waals surface area (Å²) < 4.78 is 20.7. The molecule has 2 rings (SSSR count). The zero-order valence-electron chi connectivity index (χ0n) is 12.4. The molecular weight excluding hydrogens is 316 g/mol. The van der Waals surface area contributed by atoms with Crippen LogP contribution in [0.15, 0.2) is 12.0 Å². The van der Waals surface area contributed by atoms with Crippen LogP contribution >= 0.6 is 0 Å². The van der Waals surface area contributed by atoms with E-state index in [-0.39, 0.29) is 5.76 Å². The molecule has 0 amide bonds. The number of hydrogen-bond acceptors (Lipinski definition) is 10. The van der Waals surface area contributed by atoms with Gasteiger partial charge in [0.2, 0.25) is 0 Å². The lowest BCUT2D eigenvalue weighted by Gasteiger charge is -2.43. The second-order valence-corrected chi connectivity index (χ2v) is 5.32. The molecule has 2 heterocycles. The van der Waals surface area contributed by atoms with Gasteiger partial charge in [-0.2, -0.15) is 0 Å². The van der Waals surface area contributed by atoms with Gasteiger partial charge in [0.25, 0.3) is 0 Å². The topological polar surface area (TPSA) is 158 Å². The van der Waals surface area contributed by atoms with Crippen molar-refractivity contribution in [1.29, 1.82) is 0 Å². The average Bonchev–Trinajstić information content (AvgIpc) is 2.56. The highest BCUT2D eigenvalue weighted by Gasteiger charge is 2.47. The van der Waals surface area contributed by atoms with Crippen LogP contribution in [0.1, 0.15) is 0 Å². The summed E-state index contributed by atoms with van der Waals surface area (Å²) in [7, 11) is 1.31. The Kier molecular flexibility index (Phi) is 6.17. The van der Waals surface area contributed by atoms with Gasteiger partial charge in [-0.15, -0.1) is 0 Å². The van der Waals surface area contributed by atoms with E-state index in [0.29, 0.717) is 0 Å². The maximum absolute atomic E-state index is 10.2. The minimum Gasteiger partial charge on any atom is -0.495 e. The Hall–Kier alpha value is -0.980. The van der Waals surface area contributed by atoms with Crippen molar-refractivity contribution in [2.45, 2.75) is 49.0 Å². The van der Waals surface area contributed by atoms with Crippen molar-refractivity contribution in [3.8, 4) is 0 Å². The van der Waals surface area contributed by atoms with Gasteiger partial charge < -0.3 is 49.6 Å². The molecule has 10 nitrogen and oxygen atoms in total. The molecule has 2 aliphatic rings. The molecule has 0 aromatic heterocycles. The minimum atomic E-state index is -1.63. The first-order valence-electron chi connectivity index (χ1n) is 7.09. The van der Waals surface area contributed by atoms with E-state index in [0.717, 1.165) is 6.26 Å². The van der Waals surface area contributed by atoms with Crippen LogP contribution in [-0.2, 0) is 18.9 Å². The normalized spacial score (nSPS) is 44.4. The Balaban J connectivity index is 2.13. The van der Waals surface area contributed by atoms with Gasteiger partial charge in [0.05, 0.1) is 20.3 Å². The van der Waals surface area contributed by atoms with E-state index in [9.17, 15) is 25.5 Å². The highest BCUT2D eigenvalue weighted by Crippen LogP contribution is 2.28. The van der Waals surface area contributed by atoms with Crippen LogP contribution in [0, 0.1) is 0 Å². The molecule has 0 aliphatic carbocycles. The molecule has 1 fully saturated rings. The summed E-state index contributed by atoms with van der Waals surface area (Å²) in [5, 5.41) is 58.0. The largest absolute Gasteiger partial charge is 0.495 e. The molecule has 0 aromatic rings. The Bertz CT molecular complexity index is 414. The fraction of sp³-hybridized carbons (Fsp3) is 0.846. The summed E-state index contributed by atoms with van der Waals surface area (Å²) in [5.74, 6) is 0.0456. The van der Waals surface area contributed by atoms with E-state index in [1.54, 1.807) is 0 Å². The quantitative estimate of drug-likeness (QED) is 0.296. The lowest BCUT2D eigenvalue weighted by molar-refractivity contribution is -0.325. The fourth-order valence-corrected chi connectivity index (χ4v) is 2.48. The number of ether oxygens (including phenoxy) is 4. The van der Waals surface area contributed by atoms with Gasteiger partial charge in [-0.1, -0.05) is 0 Å². The molecule has 6 N–H and O–H groups in total. The van der Waals surface area contributed by atoms with E-state index in [4.69, 9.17) is 24.1 Å². The highest BCUT2D eigenvalue weighted by atomic mass is 16.7. The molecule has 0 saturated carbocycles. The number of methoxy groups -OCH3 is 1. The van der Waals surface area contributed by atoms with Crippen molar-refractivity contribution >= 4 is 0 Å². The first-order chi connectivity index (χ1) is 10.9. The van der Waals surface area contributed by atoms with Gasteiger partial charge in [-0.05, 0) is 0 Å². The zero-order valence-corrected chi connectivity index (χ0v) is 12.4. The number of hydrogen-bond donors (Lipinski definition) is 6. The summed E-state index contributed by atoms with van der Waals surface area (Å²) in [6, 6.07) is 0. The van der Waals surface area contributed by atoms with Crippen molar-refractivity contribution in [2.75, 3.05) is 20.3 Å². The number of aliphatic hydroxyl groups is 6. The van der Waals surface area contributed by atoms with E-state index in [2.05, 4.69) is 0 Å². The molecule has 8 atom stereocenters. The van der Waals surface area contributed by atoms with E-state index in [1.165, 1.54) is 7.11 Å². The molecule has 2 aliphatic heterocycles. The summed E-state index contributed by atoms with van der Waals surface area (Å²) in [6.07, 6.45) is -9.67. The predicted molar refractivity (Wildman–Crippen MR) is 71.7 cm³/mol. The van der Waals surface area contributed by atoms with Crippen molar-refractivity contribution < 1.29 is 49.6 Å². The first-order valence-corrected chi connectivity index (χ1v) is 7.09. The third-order valence-corrected chi connectivity index (χ3v) is 3.88. The maximum Gasteiger partial charge on any atom is 0.187 e. The molecular formula is C13H22O10. The standard InChI is InChI=1S/C13H22O10/c1-20-7-4-21-6(3-15)12(9(7)17)23-13-11(19)10(18)8(16)5(2-14)22-13/h4-6,8-19H,2-3H2,1H3/t5-,6-,8-,9-,10+,11-,12-,13-/m1/s1. The Morgan fingerprint density at radius 1 is 1.00 bits per heavy atom. The van der Waals surface area contributed by atoms with Gasteiger partial charge in [0, 0.05) is 0 Å². The molecule has 0 spiro atoms. The summed E-state index contributed by atoms with van der Waals surface area (Å²) in [4.78, 5) is 0. The lowest BCUT2D eigenvalue weighted by Crippen LogP contribution is -2.61. The molecule has 0 unspecified atom stereocenters. The van der Waals surface area contributed by atoms with Crippen molar-refractivity contribution in [1.82, 2.24) is 0 Å².